The highest BCUT2D eigenvalue weighted by Crippen LogP contribution is 2.13. The van der Waals surface area contributed by atoms with E-state index in [1.807, 2.05) is 0 Å². The molecule has 0 unspecified atom stereocenters. The third kappa shape index (κ3) is 8.21. The van der Waals surface area contributed by atoms with Crippen LogP contribution in [0, 0.1) is 5.82 Å². The van der Waals surface area contributed by atoms with Gasteiger partial charge in [-0.2, -0.15) is 0 Å². The summed E-state index contributed by atoms with van der Waals surface area (Å²) in [6, 6.07) is 15.4. The van der Waals surface area contributed by atoms with Gasteiger partial charge in [0.15, 0.2) is 0 Å². The average Bonchev–Trinajstić information content (AvgIpc) is 3.34. The first kappa shape index (κ1) is 24.2. The molecule has 9 heteroatoms. The quantitative estimate of drug-likeness (QED) is 0.308. The Hall–Kier alpha value is -3.43. The lowest BCUT2D eigenvalue weighted by Gasteiger charge is -2.06. The predicted molar refractivity (Wildman–Crippen MR) is 122 cm³/mol. The summed E-state index contributed by atoms with van der Waals surface area (Å²) >= 11 is 0. The fourth-order valence-electron chi connectivity index (χ4n) is 2.81. The van der Waals surface area contributed by atoms with Gasteiger partial charge in [0.1, 0.15) is 17.3 Å². The minimum absolute atomic E-state index is 0.0650. The van der Waals surface area contributed by atoms with Crippen LogP contribution in [0.3, 0.4) is 0 Å². The molecule has 1 amide bonds. The van der Waals surface area contributed by atoms with Crippen molar-refractivity contribution in [3.05, 3.63) is 90.1 Å². The van der Waals surface area contributed by atoms with E-state index >= 15 is 0 Å². The summed E-state index contributed by atoms with van der Waals surface area (Å²) < 4.78 is 50.6. The number of halogens is 1. The lowest BCUT2D eigenvalue weighted by molar-refractivity contribution is -0.116. The molecule has 0 fully saturated rings. The minimum Gasteiger partial charge on any atom is -0.494 e. The molecule has 3 rings (SSSR count). The number of unbranched alkanes of at least 4 members (excludes halogenated alkanes) is 1. The fraction of sp³-hybridized carbons (Fsp3) is 0.208. The van der Waals surface area contributed by atoms with Gasteiger partial charge in [0.05, 0.1) is 24.3 Å². The summed E-state index contributed by atoms with van der Waals surface area (Å²) in [4.78, 5) is 12.1. The average molecular weight is 473 g/mol. The van der Waals surface area contributed by atoms with E-state index in [9.17, 15) is 17.6 Å². The van der Waals surface area contributed by atoms with Gasteiger partial charge in [-0.1, -0.05) is 12.1 Å². The van der Waals surface area contributed by atoms with Gasteiger partial charge < -0.3 is 14.5 Å². The molecular weight excluding hydrogens is 447 g/mol. The van der Waals surface area contributed by atoms with E-state index in [1.54, 1.807) is 42.5 Å². The van der Waals surface area contributed by atoms with Gasteiger partial charge in [-0.3, -0.25) is 4.79 Å². The molecule has 7 nitrogen and oxygen atoms in total. The number of sulfonamides is 1. The van der Waals surface area contributed by atoms with Crippen LogP contribution < -0.4 is 14.8 Å². The van der Waals surface area contributed by atoms with Crippen molar-refractivity contribution >= 4 is 22.0 Å². The van der Waals surface area contributed by atoms with Crippen molar-refractivity contribution in [1.29, 1.82) is 0 Å². The predicted octanol–water partition coefficient (Wildman–Crippen LogP) is 3.89. The summed E-state index contributed by atoms with van der Waals surface area (Å²) in [7, 11) is -3.66. The fourth-order valence-corrected chi connectivity index (χ4v) is 3.80. The first-order valence-corrected chi connectivity index (χ1v) is 11.9. The molecule has 0 aliphatic heterocycles. The first-order valence-electron chi connectivity index (χ1n) is 10.4. The summed E-state index contributed by atoms with van der Waals surface area (Å²) in [5.41, 5.74) is 0.697. The molecule has 2 N–H and O–H groups in total. The third-order valence-corrected chi connectivity index (χ3v) is 6.00. The van der Waals surface area contributed by atoms with Crippen molar-refractivity contribution in [1.82, 2.24) is 10.0 Å². The van der Waals surface area contributed by atoms with Gasteiger partial charge in [-0.25, -0.2) is 17.5 Å². The van der Waals surface area contributed by atoms with Crippen molar-refractivity contribution in [2.24, 2.45) is 0 Å². The molecule has 0 saturated heterocycles. The SMILES string of the molecule is O=C(/C=C/c1ccc(S(=O)(=O)NCc2ccco2)cc1)NCCCCOc1ccc(F)cc1. The number of rotatable bonds is 12. The zero-order chi connectivity index (χ0) is 23.5. The van der Waals surface area contributed by atoms with Gasteiger partial charge in [0.2, 0.25) is 15.9 Å². The Morgan fingerprint density at radius 2 is 1.79 bits per heavy atom. The summed E-state index contributed by atoms with van der Waals surface area (Å²) in [5.74, 6) is 0.573. The number of furan rings is 1. The summed E-state index contributed by atoms with van der Waals surface area (Å²) in [5, 5.41) is 2.78. The highest BCUT2D eigenvalue weighted by atomic mass is 32.2. The van der Waals surface area contributed by atoms with E-state index in [1.165, 1.54) is 36.6 Å². The summed E-state index contributed by atoms with van der Waals surface area (Å²) in [6.07, 6.45) is 5.96. The van der Waals surface area contributed by atoms with Crippen LogP contribution in [0.15, 0.2) is 82.3 Å². The molecule has 2 aromatic carbocycles. The zero-order valence-electron chi connectivity index (χ0n) is 17.9. The van der Waals surface area contributed by atoms with Crippen molar-refractivity contribution in [3.8, 4) is 5.75 Å². The van der Waals surface area contributed by atoms with Crippen molar-refractivity contribution in [2.75, 3.05) is 13.2 Å². The molecule has 1 heterocycles. The number of ether oxygens (including phenoxy) is 1. The van der Waals surface area contributed by atoms with Crippen molar-refractivity contribution in [3.63, 3.8) is 0 Å². The zero-order valence-corrected chi connectivity index (χ0v) is 18.7. The second-order valence-electron chi connectivity index (χ2n) is 7.11. The molecular formula is C24H25FN2O5S. The largest absolute Gasteiger partial charge is 0.494 e. The van der Waals surface area contributed by atoms with Gasteiger partial charge in [0, 0.05) is 12.6 Å². The molecule has 0 radical (unpaired) electrons. The second-order valence-corrected chi connectivity index (χ2v) is 8.87. The van der Waals surface area contributed by atoms with Crippen LogP contribution in [0.2, 0.25) is 0 Å². The normalized spacial score (nSPS) is 11.5. The number of benzene rings is 2. The van der Waals surface area contributed by atoms with E-state index in [0.29, 0.717) is 30.2 Å². The lowest BCUT2D eigenvalue weighted by atomic mass is 10.2. The number of carbonyl (C=O) groups is 1. The smallest absolute Gasteiger partial charge is 0.243 e. The molecule has 0 spiro atoms. The number of nitrogens with one attached hydrogen (secondary N) is 2. The van der Waals surface area contributed by atoms with Gasteiger partial charge in [-0.15, -0.1) is 0 Å². The van der Waals surface area contributed by atoms with Crippen LogP contribution in [0.25, 0.3) is 6.08 Å². The lowest BCUT2D eigenvalue weighted by Crippen LogP contribution is -2.23. The second kappa shape index (κ2) is 12.0. The molecule has 33 heavy (non-hydrogen) atoms. The third-order valence-electron chi connectivity index (χ3n) is 4.59. The molecule has 0 aliphatic rings. The van der Waals surface area contributed by atoms with E-state index < -0.39 is 10.0 Å². The standard InChI is InChI=1S/C24H25FN2O5S/c25-20-8-10-21(11-9-20)31-16-2-1-15-26-24(28)14-7-19-5-12-23(13-6-19)33(29,30)27-18-22-4-3-17-32-22/h3-14,17,27H,1-2,15-16,18H2,(H,26,28)/b14-7+. The van der Waals surface area contributed by atoms with E-state index in [0.717, 1.165) is 12.8 Å². The topological polar surface area (TPSA) is 97.6 Å². The number of hydrogen-bond acceptors (Lipinski definition) is 5. The maximum Gasteiger partial charge on any atom is 0.243 e. The number of hydrogen-bond donors (Lipinski definition) is 2. The monoisotopic (exact) mass is 472 g/mol. The number of carbonyl (C=O) groups excluding carboxylic acids is 1. The maximum atomic E-state index is 12.8. The van der Waals surface area contributed by atoms with Crippen LogP contribution in [-0.2, 0) is 21.4 Å². The Bertz CT molecular complexity index is 1140. The Balaban J connectivity index is 1.35. The molecule has 3 aromatic rings. The van der Waals surface area contributed by atoms with Gasteiger partial charge in [-0.05, 0) is 73.0 Å². The maximum absolute atomic E-state index is 12.8. The highest BCUT2D eigenvalue weighted by molar-refractivity contribution is 7.89. The number of amides is 1. The molecule has 1 aromatic heterocycles. The molecule has 0 aliphatic carbocycles. The van der Waals surface area contributed by atoms with Crippen LogP contribution in [0.1, 0.15) is 24.2 Å². The van der Waals surface area contributed by atoms with E-state index in [4.69, 9.17) is 9.15 Å². The van der Waals surface area contributed by atoms with Crippen LogP contribution >= 0.6 is 0 Å². The molecule has 0 bridgehead atoms. The van der Waals surface area contributed by atoms with Gasteiger partial charge >= 0.3 is 0 Å². The van der Waals surface area contributed by atoms with Crippen LogP contribution in [0.5, 0.6) is 5.75 Å². The van der Waals surface area contributed by atoms with Gasteiger partial charge in [0.25, 0.3) is 0 Å². The summed E-state index contributed by atoms with van der Waals surface area (Å²) in [6.45, 7) is 1.03. The van der Waals surface area contributed by atoms with Crippen molar-refractivity contribution in [2.45, 2.75) is 24.3 Å². The first-order chi connectivity index (χ1) is 15.9. The van der Waals surface area contributed by atoms with E-state index in [-0.39, 0.29) is 23.2 Å². The highest BCUT2D eigenvalue weighted by Gasteiger charge is 2.13. The Labute approximate surface area is 192 Å². The Morgan fingerprint density at radius 1 is 1.03 bits per heavy atom. The van der Waals surface area contributed by atoms with Crippen LogP contribution in [0.4, 0.5) is 4.39 Å². The van der Waals surface area contributed by atoms with Crippen molar-refractivity contribution < 1.29 is 26.8 Å². The molecule has 0 saturated carbocycles. The molecule has 174 valence electrons. The van der Waals surface area contributed by atoms with E-state index in [2.05, 4.69) is 10.0 Å². The molecule has 0 atom stereocenters. The minimum atomic E-state index is -3.66. The Morgan fingerprint density at radius 3 is 2.48 bits per heavy atom. The Kier molecular flexibility index (Phi) is 8.79. The van der Waals surface area contributed by atoms with Crippen LogP contribution in [-0.4, -0.2) is 27.5 Å².